The van der Waals surface area contributed by atoms with Gasteiger partial charge in [-0.2, -0.15) is 0 Å². The van der Waals surface area contributed by atoms with Gasteiger partial charge in [-0.15, -0.1) is 0 Å². The smallest absolute Gasteiger partial charge is 0.136 e. The normalized spacial score (nSPS) is 16.5. The molecule has 0 N–H and O–H groups in total. The predicted octanol–water partition coefficient (Wildman–Crippen LogP) is 13.7. The maximum absolute atomic E-state index is 9.85. The molecule has 1 heteroatoms. The summed E-state index contributed by atoms with van der Waals surface area (Å²) in [5, 5.41) is 0.792. The first-order valence-electron chi connectivity index (χ1n) is 24.0. The minimum Gasteiger partial charge on any atom is -0.456 e. The molecule has 0 saturated carbocycles. The van der Waals surface area contributed by atoms with Crippen molar-refractivity contribution in [3.8, 4) is 44.5 Å². The van der Waals surface area contributed by atoms with Gasteiger partial charge in [0.25, 0.3) is 0 Å². The van der Waals surface area contributed by atoms with Crippen molar-refractivity contribution in [2.45, 2.75) is 0 Å². The monoisotopic (exact) mass is 639 g/mol. The molecule has 0 unspecified atom stereocenters. The third-order valence-electron chi connectivity index (χ3n) is 8.63. The Balaban J connectivity index is 1.36. The first-order chi connectivity index (χ1) is 31.4. The van der Waals surface area contributed by atoms with Crippen molar-refractivity contribution in [2.75, 3.05) is 0 Å². The molecule has 0 atom stereocenters. The van der Waals surface area contributed by atoms with Crippen molar-refractivity contribution in [1.29, 1.82) is 0 Å². The lowest BCUT2D eigenvalue weighted by Crippen LogP contribution is -1.92. The van der Waals surface area contributed by atoms with E-state index in [-0.39, 0.29) is 78.7 Å². The largest absolute Gasteiger partial charge is 0.456 e. The fourth-order valence-electron chi connectivity index (χ4n) is 6.49. The van der Waals surface area contributed by atoms with Crippen LogP contribution >= 0.6 is 0 Å². The van der Waals surface area contributed by atoms with E-state index in [0.29, 0.717) is 38.2 Å². The van der Waals surface area contributed by atoms with Crippen LogP contribution in [-0.4, -0.2) is 0 Å². The number of furan rings is 1. The molecule has 0 bridgehead atoms. The Kier molecular flexibility index (Phi) is 3.54. The van der Waals surface area contributed by atoms with Gasteiger partial charge >= 0.3 is 0 Å². The molecule has 0 amide bonds. The highest BCUT2D eigenvalue weighted by Crippen LogP contribution is 2.46. The molecule has 0 spiro atoms. The summed E-state index contributed by atoms with van der Waals surface area (Å²) >= 11 is 0. The van der Waals surface area contributed by atoms with Crippen molar-refractivity contribution in [2.24, 2.45) is 0 Å². The molecule has 1 nitrogen and oxygen atoms in total. The van der Waals surface area contributed by atoms with E-state index in [1.165, 1.54) is 0 Å². The molecule has 0 fully saturated rings. The van der Waals surface area contributed by atoms with Gasteiger partial charge in [-0.25, -0.2) is 0 Å². The molecule has 0 aliphatic rings. The van der Waals surface area contributed by atoms with Crippen LogP contribution < -0.4 is 0 Å². The number of benzene rings is 9. The van der Waals surface area contributed by atoms with Crippen LogP contribution in [0, 0.1) is 0 Å². The van der Waals surface area contributed by atoms with Crippen molar-refractivity contribution in [1.82, 2.24) is 0 Å². The Labute approximate surface area is 308 Å². The molecule has 9 aromatic carbocycles. The summed E-state index contributed by atoms with van der Waals surface area (Å²) < 4.78 is 159. The standard InChI is InChI=1S/C48H30O/c1-3-13-31(14-4-1)36-25-37(32-15-5-2-6-16-32)27-38(26-36)48-42-21-11-9-19-40(42)47(41-20-10-12-22-43(41)48)35-23-24-39-44-28-33-17-7-8-18-34(33)29-46(44)49-45(39)30-35/h1-30H/i1D,3D,4D,7D,8D,13D,14D,17D,18D,23D,24D,25D,26D,27D,28D,29D,30D. The molecule has 228 valence electrons. The lowest BCUT2D eigenvalue weighted by molar-refractivity contribution is 0.669. The summed E-state index contributed by atoms with van der Waals surface area (Å²) in [4.78, 5) is 0. The van der Waals surface area contributed by atoms with Crippen LogP contribution in [0.5, 0.6) is 0 Å². The summed E-state index contributed by atoms with van der Waals surface area (Å²) in [6.45, 7) is 0. The third-order valence-corrected chi connectivity index (χ3v) is 8.63. The number of fused-ring (bicyclic) bond motifs is 6. The average Bonchev–Trinajstić information content (AvgIpc) is 3.73. The topological polar surface area (TPSA) is 13.1 Å². The van der Waals surface area contributed by atoms with E-state index in [1.54, 1.807) is 78.9 Å². The zero-order valence-corrected chi connectivity index (χ0v) is 25.4. The van der Waals surface area contributed by atoms with Crippen LogP contribution in [0.3, 0.4) is 0 Å². The van der Waals surface area contributed by atoms with Gasteiger partial charge in [0.1, 0.15) is 11.2 Å². The number of rotatable bonds is 4. The lowest BCUT2D eigenvalue weighted by atomic mass is 9.84. The van der Waals surface area contributed by atoms with Crippen LogP contribution in [0.1, 0.15) is 23.3 Å². The Hall–Kier alpha value is -6.44. The maximum atomic E-state index is 9.85. The van der Waals surface area contributed by atoms with E-state index in [9.17, 15) is 8.22 Å². The Morgan fingerprint density at radius 2 is 0.857 bits per heavy atom. The summed E-state index contributed by atoms with van der Waals surface area (Å²) in [6, 6.07) is 13.4. The Bertz CT molecular complexity index is 3760. The molecule has 1 heterocycles. The second-order valence-corrected chi connectivity index (χ2v) is 11.5. The van der Waals surface area contributed by atoms with Gasteiger partial charge in [-0.1, -0.05) is 139 Å². The molecule has 10 aromatic rings. The zero-order valence-electron chi connectivity index (χ0n) is 42.4. The molecule has 0 radical (unpaired) electrons. The number of hydrogen-bond acceptors (Lipinski definition) is 1. The molecule has 0 aliphatic heterocycles. The van der Waals surface area contributed by atoms with Gasteiger partial charge in [0.15, 0.2) is 0 Å². The van der Waals surface area contributed by atoms with Gasteiger partial charge in [-0.05, 0) is 119 Å². The van der Waals surface area contributed by atoms with Crippen molar-refractivity contribution >= 4 is 54.3 Å². The first kappa shape index (κ1) is 15.6. The van der Waals surface area contributed by atoms with Crippen LogP contribution in [0.2, 0.25) is 0 Å². The highest BCUT2D eigenvalue weighted by molar-refractivity contribution is 6.22. The predicted molar refractivity (Wildman–Crippen MR) is 208 cm³/mol. The third kappa shape index (κ3) is 4.55. The fraction of sp³-hybridized carbons (Fsp3) is 0. The van der Waals surface area contributed by atoms with E-state index in [1.807, 2.05) is 0 Å². The minimum absolute atomic E-state index is 0.0241. The van der Waals surface area contributed by atoms with E-state index in [4.69, 9.17) is 19.5 Å². The highest BCUT2D eigenvalue weighted by Gasteiger charge is 2.19. The van der Waals surface area contributed by atoms with E-state index >= 15 is 0 Å². The quantitative estimate of drug-likeness (QED) is 0.175. The molecule has 0 aliphatic carbocycles. The maximum Gasteiger partial charge on any atom is 0.136 e. The molecule has 0 saturated heterocycles. The van der Waals surface area contributed by atoms with Gasteiger partial charge in [0, 0.05) is 10.8 Å². The van der Waals surface area contributed by atoms with Crippen LogP contribution in [-0.2, 0) is 0 Å². The SMILES string of the molecule is [2H]c1c([2H])c([2H])c(-c2c([2H])c(-c3ccccc3)c([2H])c(-c3c4ccccc4c(-c4c([2H])c([2H])c5c(oc6c([2H])c7c([2H])c([2H])c([2H])c([2H])c7c([2H])c65)c4[2H])c4ccccc34)c2[2H])c([2H])c1[2H]. The summed E-state index contributed by atoms with van der Waals surface area (Å²) in [5.74, 6) is 0. The number of hydrogen-bond donors (Lipinski definition) is 0. The highest BCUT2D eigenvalue weighted by atomic mass is 16.3. The van der Waals surface area contributed by atoms with Gasteiger partial charge in [0.2, 0.25) is 0 Å². The summed E-state index contributed by atoms with van der Waals surface area (Å²) in [5.41, 5.74) is -0.245. The Morgan fingerprint density at radius 3 is 1.53 bits per heavy atom. The minimum atomic E-state index is -0.659. The zero-order chi connectivity index (χ0) is 47.1. The second-order valence-electron chi connectivity index (χ2n) is 11.5. The van der Waals surface area contributed by atoms with Gasteiger partial charge < -0.3 is 4.42 Å². The van der Waals surface area contributed by atoms with E-state index in [2.05, 4.69) is 0 Å². The molecule has 10 rings (SSSR count). The summed E-state index contributed by atoms with van der Waals surface area (Å²) in [6.07, 6.45) is 0. The molecular formula is C48H30O. The van der Waals surface area contributed by atoms with Crippen molar-refractivity contribution in [3.63, 3.8) is 0 Å². The second kappa shape index (κ2) is 11.1. The Morgan fingerprint density at radius 1 is 0.327 bits per heavy atom. The average molecular weight is 640 g/mol. The fourth-order valence-corrected chi connectivity index (χ4v) is 6.49. The van der Waals surface area contributed by atoms with E-state index < -0.39 is 84.6 Å². The van der Waals surface area contributed by atoms with Gasteiger partial charge in [-0.3, -0.25) is 0 Å². The molecule has 49 heavy (non-hydrogen) atoms. The first-order valence-corrected chi connectivity index (χ1v) is 15.5. The molecule has 1 aromatic heterocycles. The van der Waals surface area contributed by atoms with Gasteiger partial charge in [0.05, 0.1) is 23.3 Å². The van der Waals surface area contributed by atoms with E-state index in [0.717, 1.165) is 0 Å². The van der Waals surface area contributed by atoms with Crippen LogP contribution in [0.15, 0.2) is 186 Å². The van der Waals surface area contributed by atoms with Crippen LogP contribution in [0.4, 0.5) is 0 Å². The van der Waals surface area contributed by atoms with Crippen LogP contribution in [0.25, 0.3) is 98.8 Å². The van der Waals surface area contributed by atoms with Crippen molar-refractivity contribution in [3.05, 3.63) is 182 Å². The lowest BCUT2D eigenvalue weighted by Gasteiger charge is -2.19. The molecular weight excluding hydrogens is 593 g/mol. The summed E-state index contributed by atoms with van der Waals surface area (Å²) in [7, 11) is 0. The van der Waals surface area contributed by atoms with Crippen molar-refractivity contribution < 1.29 is 27.7 Å².